The molecule has 0 amide bonds. The predicted octanol–water partition coefficient (Wildman–Crippen LogP) is 5.21. The lowest BCUT2D eigenvalue weighted by atomic mass is 10.0. The van der Waals surface area contributed by atoms with Crippen LogP contribution in [0.25, 0.3) is 0 Å². The molecule has 0 spiro atoms. The number of benzene rings is 2. The van der Waals surface area contributed by atoms with Gasteiger partial charge in [0.2, 0.25) is 0 Å². The lowest BCUT2D eigenvalue weighted by molar-refractivity contribution is 0.626. The summed E-state index contributed by atoms with van der Waals surface area (Å²) in [5, 5.41) is 3.71. The second kappa shape index (κ2) is 6.07. The summed E-state index contributed by atoms with van der Waals surface area (Å²) in [7, 11) is 0. The molecule has 0 fully saturated rings. The molecule has 0 saturated heterocycles. The van der Waals surface area contributed by atoms with Gasteiger partial charge in [0.1, 0.15) is 5.82 Å². The Morgan fingerprint density at radius 1 is 1.16 bits per heavy atom. The minimum Gasteiger partial charge on any atom is -0.381 e. The van der Waals surface area contributed by atoms with E-state index < -0.39 is 0 Å². The van der Waals surface area contributed by atoms with E-state index in [-0.39, 0.29) is 5.82 Å². The summed E-state index contributed by atoms with van der Waals surface area (Å²) in [5.41, 5.74) is 3.15. The van der Waals surface area contributed by atoms with Gasteiger partial charge in [-0.05, 0) is 47.4 Å². The van der Waals surface area contributed by atoms with Crippen LogP contribution in [-0.4, -0.2) is 0 Å². The van der Waals surface area contributed by atoms with Crippen molar-refractivity contribution in [2.24, 2.45) is 0 Å². The van der Waals surface area contributed by atoms with Crippen LogP contribution in [0, 0.1) is 5.82 Å². The van der Waals surface area contributed by atoms with Crippen molar-refractivity contribution in [2.45, 2.75) is 26.3 Å². The summed E-state index contributed by atoms with van der Waals surface area (Å²) >= 11 is 5.83. The van der Waals surface area contributed by atoms with Gasteiger partial charge >= 0.3 is 0 Å². The smallest absolute Gasteiger partial charge is 0.125 e. The molecule has 0 aromatic heterocycles. The Morgan fingerprint density at radius 3 is 2.63 bits per heavy atom. The molecule has 0 saturated carbocycles. The average Bonchev–Trinajstić information content (AvgIpc) is 2.35. The Bertz CT molecular complexity index is 546. The predicted molar refractivity (Wildman–Crippen MR) is 79.3 cm³/mol. The third-order valence-corrected chi connectivity index (χ3v) is 3.19. The highest BCUT2D eigenvalue weighted by molar-refractivity contribution is 6.30. The molecular formula is C16H17ClFN. The van der Waals surface area contributed by atoms with Crippen molar-refractivity contribution in [3.05, 3.63) is 64.4 Å². The summed E-state index contributed by atoms with van der Waals surface area (Å²) in [5.74, 6) is 0.186. The zero-order valence-electron chi connectivity index (χ0n) is 11.1. The van der Waals surface area contributed by atoms with Crippen LogP contribution in [0.4, 0.5) is 10.1 Å². The quantitative estimate of drug-likeness (QED) is 0.808. The first kappa shape index (κ1) is 13.9. The molecule has 1 N–H and O–H groups in total. The molecule has 0 radical (unpaired) electrons. The van der Waals surface area contributed by atoms with Crippen molar-refractivity contribution >= 4 is 17.3 Å². The van der Waals surface area contributed by atoms with Crippen molar-refractivity contribution in [3.8, 4) is 0 Å². The monoisotopic (exact) mass is 277 g/mol. The van der Waals surface area contributed by atoms with Gasteiger partial charge in [-0.25, -0.2) is 4.39 Å². The van der Waals surface area contributed by atoms with Gasteiger partial charge in [0.15, 0.2) is 0 Å². The Labute approximate surface area is 118 Å². The fourth-order valence-corrected chi connectivity index (χ4v) is 2.17. The Balaban J connectivity index is 2.07. The van der Waals surface area contributed by atoms with E-state index in [0.717, 1.165) is 11.3 Å². The van der Waals surface area contributed by atoms with E-state index in [1.54, 1.807) is 6.07 Å². The third-order valence-electron chi connectivity index (χ3n) is 2.97. The van der Waals surface area contributed by atoms with Crippen LogP contribution < -0.4 is 5.32 Å². The van der Waals surface area contributed by atoms with Crippen LogP contribution in [0.3, 0.4) is 0 Å². The Hall–Kier alpha value is -1.54. The highest BCUT2D eigenvalue weighted by Crippen LogP contribution is 2.20. The van der Waals surface area contributed by atoms with Gasteiger partial charge in [-0.2, -0.15) is 0 Å². The zero-order valence-corrected chi connectivity index (χ0v) is 11.8. The van der Waals surface area contributed by atoms with Gasteiger partial charge in [0.05, 0.1) is 0 Å². The highest BCUT2D eigenvalue weighted by atomic mass is 35.5. The van der Waals surface area contributed by atoms with Crippen LogP contribution in [0.1, 0.15) is 30.9 Å². The molecule has 0 aliphatic heterocycles. The number of hydrogen-bond acceptors (Lipinski definition) is 1. The summed E-state index contributed by atoms with van der Waals surface area (Å²) in [6.07, 6.45) is 0. The number of hydrogen-bond donors (Lipinski definition) is 1. The van der Waals surface area contributed by atoms with Crippen LogP contribution in [-0.2, 0) is 6.54 Å². The molecule has 19 heavy (non-hydrogen) atoms. The summed E-state index contributed by atoms with van der Waals surface area (Å²) in [4.78, 5) is 0. The summed E-state index contributed by atoms with van der Waals surface area (Å²) < 4.78 is 13.2. The van der Waals surface area contributed by atoms with Crippen LogP contribution >= 0.6 is 11.6 Å². The Morgan fingerprint density at radius 2 is 1.95 bits per heavy atom. The summed E-state index contributed by atoms with van der Waals surface area (Å²) in [6, 6.07) is 12.8. The normalized spacial score (nSPS) is 10.8. The first-order valence-electron chi connectivity index (χ1n) is 6.33. The van der Waals surface area contributed by atoms with Gasteiger partial charge in [0, 0.05) is 17.3 Å². The molecule has 0 aliphatic carbocycles. The van der Waals surface area contributed by atoms with E-state index in [1.165, 1.54) is 17.7 Å². The highest BCUT2D eigenvalue weighted by Gasteiger charge is 2.02. The zero-order chi connectivity index (χ0) is 13.8. The third kappa shape index (κ3) is 3.97. The molecule has 3 heteroatoms. The van der Waals surface area contributed by atoms with E-state index in [4.69, 9.17) is 11.6 Å². The van der Waals surface area contributed by atoms with Gasteiger partial charge in [-0.3, -0.25) is 0 Å². The van der Waals surface area contributed by atoms with E-state index in [9.17, 15) is 4.39 Å². The maximum Gasteiger partial charge on any atom is 0.125 e. The van der Waals surface area contributed by atoms with Crippen molar-refractivity contribution in [1.29, 1.82) is 0 Å². The second-order valence-electron chi connectivity index (χ2n) is 4.91. The van der Waals surface area contributed by atoms with E-state index in [0.29, 0.717) is 17.5 Å². The fourth-order valence-electron chi connectivity index (χ4n) is 1.92. The first-order chi connectivity index (χ1) is 9.04. The van der Waals surface area contributed by atoms with E-state index >= 15 is 0 Å². The Kier molecular flexibility index (Phi) is 4.43. The maximum absolute atomic E-state index is 13.2. The molecule has 100 valence electrons. The molecule has 0 unspecified atom stereocenters. The van der Waals surface area contributed by atoms with E-state index in [1.807, 2.05) is 12.1 Å². The van der Waals surface area contributed by atoms with Gasteiger partial charge < -0.3 is 5.32 Å². The molecule has 2 rings (SSSR count). The SMILES string of the molecule is CC(C)c1cccc(NCc2cc(F)cc(Cl)c2)c1. The second-order valence-corrected chi connectivity index (χ2v) is 5.35. The summed E-state index contributed by atoms with van der Waals surface area (Å²) in [6.45, 7) is 4.87. The van der Waals surface area contributed by atoms with E-state index in [2.05, 4.69) is 31.3 Å². The number of nitrogens with one attached hydrogen (secondary N) is 1. The minimum atomic E-state index is -0.305. The topological polar surface area (TPSA) is 12.0 Å². The molecule has 0 heterocycles. The van der Waals surface area contributed by atoms with Gasteiger partial charge in [-0.15, -0.1) is 0 Å². The number of anilines is 1. The van der Waals surface area contributed by atoms with Crippen molar-refractivity contribution in [1.82, 2.24) is 0 Å². The maximum atomic E-state index is 13.2. The first-order valence-corrected chi connectivity index (χ1v) is 6.71. The van der Waals surface area contributed by atoms with Crippen molar-refractivity contribution < 1.29 is 4.39 Å². The standard InChI is InChI=1S/C16H17ClFN/c1-11(2)13-4-3-5-16(8-13)19-10-12-6-14(17)9-15(18)7-12/h3-9,11,19H,10H2,1-2H3. The lowest BCUT2D eigenvalue weighted by Crippen LogP contribution is -2.00. The van der Waals surface area contributed by atoms with Gasteiger partial charge in [-0.1, -0.05) is 37.6 Å². The van der Waals surface area contributed by atoms with Gasteiger partial charge in [0.25, 0.3) is 0 Å². The number of halogens is 2. The molecule has 0 aliphatic rings. The van der Waals surface area contributed by atoms with Crippen LogP contribution in [0.15, 0.2) is 42.5 Å². The average molecular weight is 278 g/mol. The fraction of sp³-hybridized carbons (Fsp3) is 0.250. The molecule has 0 atom stereocenters. The molecule has 1 nitrogen and oxygen atoms in total. The number of rotatable bonds is 4. The minimum absolute atomic E-state index is 0.305. The van der Waals surface area contributed by atoms with Crippen LogP contribution in [0.2, 0.25) is 5.02 Å². The molecular weight excluding hydrogens is 261 g/mol. The molecule has 0 bridgehead atoms. The largest absolute Gasteiger partial charge is 0.381 e. The van der Waals surface area contributed by atoms with Crippen molar-refractivity contribution in [3.63, 3.8) is 0 Å². The lowest BCUT2D eigenvalue weighted by Gasteiger charge is -2.10. The van der Waals surface area contributed by atoms with Crippen molar-refractivity contribution in [2.75, 3.05) is 5.32 Å². The molecule has 2 aromatic carbocycles. The van der Waals surface area contributed by atoms with Crippen LogP contribution in [0.5, 0.6) is 0 Å². The molecule has 2 aromatic rings.